The number of fused-ring (bicyclic) bond motifs is 2. The SMILES string of the molecule is [CH](Cc1ccc2ccccc2n1)c1cc2ccccc2o1. The molecular weight excluding hydrogens is 258 g/mol. The molecule has 0 N–H and O–H groups in total. The number of nitrogens with zero attached hydrogens (tertiary/aromatic N) is 1. The van der Waals surface area contributed by atoms with Crippen LogP contribution < -0.4 is 0 Å². The van der Waals surface area contributed by atoms with Gasteiger partial charge in [-0.25, -0.2) is 0 Å². The molecule has 21 heavy (non-hydrogen) atoms. The fraction of sp³-hybridized carbons (Fsp3) is 0.0526. The lowest BCUT2D eigenvalue weighted by atomic mass is 10.1. The fourth-order valence-electron chi connectivity index (χ4n) is 2.53. The van der Waals surface area contributed by atoms with E-state index in [1.807, 2.05) is 36.4 Å². The largest absolute Gasteiger partial charge is 0.461 e. The molecule has 1 radical (unpaired) electrons. The summed E-state index contributed by atoms with van der Waals surface area (Å²) >= 11 is 0. The lowest BCUT2D eigenvalue weighted by Crippen LogP contribution is -1.91. The van der Waals surface area contributed by atoms with Crippen LogP contribution in [-0.4, -0.2) is 4.98 Å². The summed E-state index contributed by atoms with van der Waals surface area (Å²) in [5, 5.41) is 2.31. The molecule has 2 aromatic heterocycles. The molecule has 0 aliphatic carbocycles. The summed E-state index contributed by atoms with van der Waals surface area (Å²) in [7, 11) is 0. The summed E-state index contributed by atoms with van der Waals surface area (Å²) in [5.74, 6) is 0.895. The van der Waals surface area contributed by atoms with Crippen LogP contribution in [0.15, 0.2) is 71.1 Å². The van der Waals surface area contributed by atoms with E-state index in [0.29, 0.717) is 0 Å². The van der Waals surface area contributed by atoms with Crippen LogP contribution in [-0.2, 0) is 6.42 Å². The molecule has 0 saturated carbocycles. The van der Waals surface area contributed by atoms with E-state index < -0.39 is 0 Å². The van der Waals surface area contributed by atoms with E-state index in [2.05, 4.69) is 41.7 Å². The van der Waals surface area contributed by atoms with Crippen LogP contribution in [0.5, 0.6) is 0 Å². The van der Waals surface area contributed by atoms with Crippen molar-refractivity contribution in [2.45, 2.75) is 6.42 Å². The average Bonchev–Trinajstić information content (AvgIpc) is 2.95. The minimum atomic E-state index is 0.769. The van der Waals surface area contributed by atoms with Crippen molar-refractivity contribution in [1.82, 2.24) is 4.98 Å². The van der Waals surface area contributed by atoms with Crippen molar-refractivity contribution in [2.24, 2.45) is 0 Å². The molecule has 2 heteroatoms. The molecule has 0 saturated heterocycles. The molecule has 0 amide bonds. The van der Waals surface area contributed by atoms with Crippen LogP contribution >= 0.6 is 0 Å². The van der Waals surface area contributed by atoms with Gasteiger partial charge in [0.25, 0.3) is 0 Å². The first-order valence-electron chi connectivity index (χ1n) is 7.05. The number of hydrogen-bond acceptors (Lipinski definition) is 2. The maximum Gasteiger partial charge on any atom is 0.134 e. The van der Waals surface area contributed by atoms with Gasteiger partial charge in [0.2, 0.25) is 0 Å². The van der Waals surface area contributed by atoms with Crippen molar-refractivity contribution in [2.75, 3.05) is 0 Å². The van der Waals surface area contributed by atoms with E-state index in [4.69, 9.17) is 4.42 Å². The van der Waals surface area contributed by atoms with Crippen molar-refractivity contribution in [3.8, 4) is 0 Å². The third-order valence-electron chi connectivity index (χ3n) is 3.61. The monoisotopic (exact) mass is 272 g/mol. The summed E-state index contributed by atoms with van der Waals surface area (Å²) in [6.45, 7) is 0. The molecular formula is C19H14NO. The minimum absolute atomic E-state index is 0.769. The zero-order chi connectivity index (χ0) is 14.1. The van der Waals surface area contributed by atoms with Crippen molar-refractivity contribution in [1.29, 1.82) is 0 Å². The first-order valence-corrected chi connectivity index (χ1v) is 7.05. The van der Waals surface area contributed by atoms with Crippen molar-refractivity contribution in [3.05, 3.63) is 84.6 Å². The average molecular weight is 272 g/mol. The summed E-state index contributed by atoms with van der Waals surface area (Å²) < 4.78 is 5.79. The molecule has 2 aromatic carbocycles. The van der Waals surface area contributed by atoms with Crippen LogP contribution in [0.2, 0.25) is 0 Å². The summed E-state index contributed by atoms with van der Waals surface area (Å²) in [6, 6.07) is 22.5. The molecule has 0 atom stereocenters. The van der Waals surface area contributed by atoms with Crippen LogP contribution in [0.1, 0.15) is 11.5 Å². The highest BCUT2D eigenvalue weighted by Crippen LogP contribution is 2.21. The number of rotatable bonds is 3. The van der Waals surface area contributed by atoms with Crippen molar-refractivity contribution >= 4 is 21.9 Å². The third-order valence-corrected chi connectivity index (χ3v) is 3.61. The van der Waals surface area contributed by atoms with Gasteiger partial charge >= 0.3 is 0 Å². The van der Waals surface area contributed by atoms with Gasteiger partial charge < -0.3 is 4.42 Å². The Balaban J connectivity index is 1.57. The molecule has 2 nitrogen and oxygen atoms in total. The van der Waals surface area contributed by atoms with Crippen molar-refractivity contribution in [3.63, 3.8) is 0 Å². The number of aromatic nitrogens is 1. The van der Waals surface area contributed by atoms with Gasteiger partial charge in [-0.05, 0) is 24.3 Å². The second-order valence-corrected chi connectivity index (χ2v) is 5.09. The molecule has 101 valence electrons. The zero-order valence-corrected chi connectivity index (χ0v) is 11.5. The molecule has 4 rings (SSSR count). The predicted octanol–water partition coefficient (Wildman–Crippen LogP) is 4.78. The highest BCUT2D eigenvalue weighted by molar-refractivity contribution is 5.79. The number of para-hydroxylation sites is 2. The van der Waals surface area contributed by atoms with Gasteiger partial charge in [-0.15, -0.1) is 0 Å². The third kappa shape index (κ3) is 2.40. The zero-order valence-electron chi connectivity index (χ0n) is 11.5. The second-order valence-electron chi connectivity index (χ2n) is 5.09. The number of furan rings is 1. The van der Waals surface area contributed by atoms with E-state index in [-0.39, 0.29) is 0 Å². The summed E-state index contributed by atoms with van der Waals surface area (Å²) in [4.78, 5) is 4.67. The standard InChI is InChI=1S/C19H14NO/c1-3-7-18-14(5-1)9-10-16(20-18)11-12-17-13-15-6-2-4-8-19(15)21-17/h1-10,12-13H,11H2. The highest BCUT2D eigenvalue weighted by Gasteiger charge is 2.05. The van der Waals surface area contributed by atoms with Gasteiger partial charge in [-0.1, -0.05) is 42.5 Å². The Hall–Kier alpha value is -2.61. The molecule has 0 unspecified atom stereocenters. The Morgan fingerprint density at radius 2 is 1.67 bits per heavy atom. The maximum absolute atomic E-state index is 5.79. The topological polar surface area (TPSA) is 26.0 Å². The molecule has 0 spiro atoms. The number of hydrogen-bond donors (Lipinski definition) is 0. The van der Waals surface area contributed by atoms with Gasteiger partial charge in [0, 0.05) is 29.3 Å². The minimum Gasteiger partial charge on any atom is -0.461 e. The lowest BCUT2D eigenvalue weighted by molar-refractivity contribution is 0.581. The van der Waals surface area contributed by atoms with E-state index >= 15 is 0 Å². The first-order chi connectivity index (χ1) is 10.4. The van der Waals surface area contributed by atoms with Gasteiger partial charge in [0.15, 0.2) is 0 Å². The fourth-order valence-corrected chi connectivity index (χ4v) is 2.53. The van der Waals surface area contributed by atoms with Crippen LogP contribution in [0.25, 0.3) is 21.9 Å². The van der Waals surface area contributed by atoms with E-state index in [0.717, 1.165) is 34.4 Å². The Morgan fingerprint density at radius 1 is 0.857 bits per heavy atom. The van der Waals surface area contributed by atoms with Gasteiger partial charge in [-0.2, -0.15) is 0 Å². The Morgan fingerprint density at radius 3 is 2.57 bits per heavy atom. The quantitative estimate of drug-likeness (QED) is 0.536. The van der Waals surface area contributed by atoms with Crippen LogP contribution in [0, 0.1) is 6.42 Å². The van der Waals surface area contributed by atoms with E-state index in [1.165, 1.54) is 5.39 Å². The molecule has 4 aromatic rings. The predicted molar refractivity (Wildman–Crippen MR) is 85.1 cm³/mol. The molecule has 0 aliphatic heterocycles. The Labute approximate surface area is 123 Å². The van der Waals surface area contributed by atoms with Crippen molar-refractivity contribution < 1.29 is 4.42 Å². The number of benzene rings is 2. The number of pyridine rings is 1. The second kappa shape index (κ2) is 5.06. The Bertz CT molecular complexity index is 874. The summed E-state index contributed by atoms with van der Waals surface area (Å²) in [5.41, 5.74) is 3.01. The lowest BCUT2D eigenvalue weighted by Gasteiger charge is -2.01. The Kier molecular flexibility index (Phi) is 2.93. The maximum atomic E-state index is 5.79. The molecule has 0 bridgehead atoms. The normalized spacial score (nSPS) is 11.2. The molecule has 0 fully saturated rings. The van der Waals surface area contributed by atoms with E-state index in [9.17, 15) is 0 Å². The van der Waals surface area contributed by atoms with Crippen LogP contribution in [0.4, 0.5) is 0 Å². The van der Waals surface area contributed by atoms with Gasteiger partial charge in [-0.3, -0.25) is 4.98 Å². The van der Waals surface area contributed by atoms with Crippen LogP contribution in [0.3, 0.4) is 0 Å². The van der Waals surface area contributed by atoms with Gasteiger partial charge in [0.05, 0.1) is 5.52 Å². The highest BCUT2D eigenvalue weighted by atomic mass is 16.3. The van der Waals surface area contributed by atoms with E-state index in [1.54, 1.807) is 0 Å². The smallest absolute Gasteiger partial charge is 0.134 e. The van der Waals surface area contributed by atoms with Gasteiger partial charge in [0.1, 0.15) is 11.3 Å². The molecule has 0 aliphatic rings. The molecule has 2 heterocycles. The summed E-state index contributed by atoms with van der Waals surface area (Å²) in [6.07, 6.45) is 2.85. The first kappa shape index (κ1) is 12.2.